The molecule has 0 N–H and O–H groups in total. The normalized spacial score (nSPS) is 22.4. The molecular weight excluding hydrogens is 380 g/mol. The molecule has 0 radical (unpaired) electrons. The first kappa shape index (κ1) is 19.0. The number of nitrogens with zero attached hydrogens (tertiary/aromatic N) is 2. The van der Waals surface area contributed by atoms with Crippen LogP contribution in [-0.4, -0.2) is 46.8 Å². The fourth-order valence-electron chi connectivity index (χ4n) is 4.59. The van der Waals surface area contributed by atoms with Gasteiger partial charge in [0.1, 0.15) is 16.7 Å². The maximum atomic E-state index is 13.3. The zero-order valence-electron chi connectivity index (χ0n) is 15.9. The van der Waals surface area contributed by atoms with Crippen LogP contribution in [0.25, 0.3) is 11.0 Å². The summed E-state index contributed by atoms with van der Waals surface area (Å²) in [6.45, 7) is 3.93. The number of rotatable bonds is 3. The van der Waals surface area contributed by atoms with Crippen LogP contribution in [0.4, 0.5) is 0 Å². The van der Waals surface area contributed by atoms with Crippen LogP contribution in [0.5, 0.6) is 0 Å². The highest BCUT2D eigenvalue weighted by Crippen LogP contribution is 2.39. The molecule has 2 amide bonds. The van der Waals surface area contributed by atoms with Gasteiger partial charge in [-0.05, 0) is 56.4 Å². The van der Waals surface area contributed by atoms with Gasteiger partial charge in [-0.2, -0.15) is 0 Å². The van der Waals surface area contributed by atoms with Crippen molar-refractivity contribution in [3.63, 3.8) is 0 Å². The predicted octanol–water partition coefficient (Wildman–Crippen LogP) is 3.45. The summed E-state index contributed by atoms with van der Waals surface area (Å²) in [5, 5.41) is 1.08. The highest BCUT2D eigenvalue weighted by Gasteiger charge is 2.53. The molecule has 3 heterocycles. The van der Waals surface area contributed by atoms with E-state index < -0.39 is 17.1 Å². The van der Waals surface area contributed by atoms with Gasteiger partial charge in [-0.3, -0.25) is 9.59 Å². The summed E-state index contributed by atoms with van der Waals surface area (Å²) in [7, 11) is 0. The van der Waals surface area contributed by atoms with Crippen LogP contribution >= 0.6 is 11.6 Å². The summed E-state index contributed by atoms with van der Waals surface area (Å²) in [4.78, 5) is 42.5. The second-order valence-corrected chi connectivity index (χ2v) is 8.05. The molecule has 7 heteroatoms. The van der Waals surface area contributed by atoms with Gasteiger partial charge < -0.3 is 14.2 Å². The van der Waals surface area contributed by atoms with Gasteiger partial charge in [0, 0.05) is 30.0 Å². The molecule has 1 aromatic carbocycles. The molecule has 1 atom stereocenters. The molecule has 1 aromatic heterocycles. The van der Waals surface area contributed by atoms with Crippen molar-refractivity contribution in [2.24, 2.45) is 0 Å². The highest BCUT2D eigenvalue weighted by atomic mass is 35.5. The Hall–Kier alpha value is -2.34. The highest BCUT2D eigenvalue weighted by molar-refractivity contribution is 6.31. The average molecular weight is 403 g/mol. The van der Waals surface area contributed by atoms with Crippen molar-refractivity contribution in [2.75, 3.05) is 19.6 Å². The van der Waals surface area contributed by atoms with E-state index in [9.17, 15) is 14.4 Å². The van der Waals surface area contributed by atoms with Crippen LogP contribution in [0.3, 0.4) is 0 Å². The lowest BCUT2D eigenvalue weighted by molar-refractivity contribution is -0.145. The smallest absolute Gasteiger partial charge is 0.349 e. The molecule has 4 rings (SSSR count). The van der Waals surface area contributed by atoms with E-state index in [1.165, 1.54) is 6.07 Å². The van der Waals surface area contributed by atoms with Crippen LogP contribution in [0.2, 0.25) is 5.02 Å². The summed E-state index contributed by atoms with van der Waals surface area (Å²) in [6, 6.07) is 6.42. The molecule has 1 unspecified atom stereocenters. The van der Waals surface area contributed by atoms with Crippen molar-refractivity contribution in [3.8, 4) is 0 Å². The first-order valence-corrected chi connectivity index (χ1v) is 10.2. The fraction of sp³-hybridized carbons (Fsp3) is 0.476. The minimum absolute atomic E-state index is 0.0136. The number of benzene rings is 1. The molecule has 6 nitrogen and oxygen atoms in total. The number of fused-ring (bicyclic) bond motifs is 1. The third-order valence-corrected chi connectivity index (χ3v) is 6.09. The molecule has 2 aliphatic rings. The van der Waals surface area contributed by atoms with E-state index >= 15 is 0 Å². The van der Waals surface area contributed by atoms with E-state index in [2.05, 4.69) is 0 Å². The number of hydrogen-bond acceptors (Lipinski definition) is 4. The minimum Gasteiger partial charge on any atom is -0.422 e. The molecule has 0 saturated carbocycles. The number of amides is 2. The molecule has 2 saturated heterocycles. The molecule has 1 spiro atoms. The van der Waals surface area contributed by atoms with Crippen LogP contribution in [0, 0.1) is 0 Å². The van der Waals surface area contributed by atoms with Gasteiger partial charge in [-0.25, -0.2) is 4.79 Å². The van der Waals surface area contributed by atoms with Crippen LogP contribution in [0.1, 0.15) is 49.4 Å². The Morgan fingerprint density at radius 2 is 1.93 bits per heavy atom. The summed E-state index contributed by atoms with van der Waals surface area (Å²) < 4.78 is 5.33. The Labute approximate surface area is 168 Å². The number of hydrogen-bond donors (Lipinski definition) is 0. The van der Waals surface area contributed by atoms with Crippen LogP contribution in [-0.2, 0) is 4.79 Å². The maximum Gasteiger partial charge on any atom is 0.349 e. The number of carbonyl (C=O) groups excluding carboxylic acids is 2. The first-order chi connectivity index (χ1) is 13.5. The summed E-state index contributed by atoms with van der Waals surface area (Å²) in [5.41, 5.74) is -1.18. The summed E-state index contributed by atoms with van der Waals surface area (Å²) >= 11 is 6.03. The summed E-state index contributed by atoms with van der Waals surface area (Å²) in [6.07, 6.45) is 3.77. The van der Waals surface area contributed by atoms with Gasteiger partial charge in [0.05, 0.1) is 0 Å². The van der Waals surface area contributed by atoms with Crippen molar-refractivity contribution in [1.29, 1.82) is 0 Å². The van der Waals surface area contributed by atoms with E-state index in [0.717, 1.165) is 25.8 Å². The minimum atomic E-state index is -0.833. The standard InChI is InChI=1S/C21H23ClN2O4/c1-2-9-23-10-3-7-21(20(23)27)8-4-11-24(21)18(25)16-13-14-12-15(22)5-6-17(14)28-19(16)26/h5-6,12-13H,2-4,7-11H2,1H3. The van der Waals surface area contributed by atoms with E-state index in [0.29, 0.717) is 41.9 Å². The van der Waals surface area contributed by atoms with Gasteiger partial charge in [0.15, 0.2) is 0 Å². The quantitative estimate of drug-likeness (QED) is 0.737. The topological polar surface area (TPSA) is 70.8 Å². The molecule has 0 aliphatic carbocycles. The number of carbonyl (C=O) groups is 2. The van der Waals surface area contributed by atoms with E-state index in [1.54, 1.807) is 23.1 Å². The van der Waals surface area contributed by atoms with Gasteiger partial charge in [0.25, 0.3) is 5.91 Å². The Morgan fingerprint density at radius 3 is 2.68 bits per heavy atom. The maximum absolute atomic E-state index is 13.3. The summed E-state index contributed by atoms with van der Waals surface area (Å²) in [5.74, 6) is -0.417. The molecule has 28 heavy (non-hydrogen) atoms. The van der Waals surface area contributed by atoms with Crippen molar-refractivity contribution >= 4 is 34.4 Å². The third-order valence-electron chi connectivity index (χ3n) is 5.86. The zero-order valence-corrected chi connectivity index (χ0v) is 16.6. The van der Waals surface area contributed by atoms with Gasteiger partial charge in [-0.1, -0.05) is 18.5 Å². The Kier molecular flexibility index (Phi) is 4.91. The molecule has 0 bridgehead atoms. The van der Waals surface area contributed by atoms with Gasteiger partial charge in [-0.15, -0.1) is 0 Å². The SMILES string of the molecule is CCCN1CCCC2(CCCN2C(=O)c2cc3cc(Cl)ccc3oc2=O)C1=O. The van der Waals surface area contributed by atoms with Crippen molar-refractivity contribution < 1.29 is 14.0 Å². The second kappa shape index (κ2) is 7.24. The van der Waals surface area contributed by atoms with Gasteiger partial charge >= 0.3 is 5.63 Å². The Balaban J connectivity index is 1.73. The molecular formula is C21H23ClN2O4. The number of piperidine rings is 1. The zero-order chi connectivity index (χ0) is 19.9. The fourth-order valence-corrected chi connectivity index (χ4v) is 4.77. The molecule has 148 valence electrons. The largest absolute Gasteiger partial charge is 0.422 e. The van der Waals surface area contributed by atoms with Crippen molar-refractivity contribution in [2.45, 2.75) is 44.6 Å². The lowest BCUT2D eigenvalue weighted by Crippen LogP contribution is -2.61. The van der Waals surface area contributed by atoms with Crippen LogP contribution < -0.4 is 5.63 Å². The van der Waals surface area contributed by atoms with E-state index in [1.807, 2.05) is 11.8 Å². The van der Waals surface area contributed by atoms with Crippen LogP contribution in [0.15, 0.2) is 33.5 Å². The van der Waals surface area contributed by atoms with Crippen molar-refractivity contribution in [3.05, 3.63) is 45.3 Å². The van der Waals surface area contributed by atoms with Gasteiger partial charge in [0.2, 0.25) is 5.91 Å². The van der Waals surface area contributed by atoms with E-state index in [4.69, 9.17) is 16.0 Å². The number of halogens is 1. The monoisotopic (exact) mass is 402 g/mol. The number of likely N-dealkylation sites (tertiary alicyclic amines) is 2. The predicted molar refractivity (Wildman–Crippen MR) is 107 cm³/mol. The lowest BCUT2D eigenvalue weighted by atomic mass is 9.85. The lowest BCUT2D eigenvalue weighted by Gasteiger charge is -2.44. The average Bonchev–Trinajstić information content (AvgIpc) is 3.09. The molecule has 2 aromatic rings. The Bertz CT molecular complexity index is 1000. The second-order valence-electron chi connectivity index (χ2n) is 7.62. The third kappa shape index (κ3) is 3.00. The first-order valence-electron chi connectivity index (χ1n) is 9.81. The van der Waals surface area contributed by atoms with Crippen molar-refractivity contribution in [1.82, 2.24) is 9.80 Å². The molecule has 2 fully saturated rings. The van der Waals surface area contributed by atoms with E-state index in [-0.39, 0.29) is 11.5 Å². The molecule has 2 aliphatic heterocycles. The Morgan fingerprint density at radius 1 is 1.18 bits per heavy atom.